The van der Waals surface area contributed by atoms with Gasteiger partial charge in [-0.05, 0) is 0 Å². The summed E-state index contributed by atoms with van der Waals surface area (Å²) in [7, 11) is 0. The Morgan fingerprint density at radius 1 is 0.821 bits per heavy atom. The van der Waals surface area contributed by atoms with Crippen LogP contribution in [-0.4, -0.2) is 4.40 Å². The monoisotopic (exact) mass is 461 g/mol. The molecule has 1 nitrogen and oxygen atoms in total. The Kier molecular flexibility index (Phi) is 7.86. The number of hydrogen-bond acceptors (Lipinski definition) is 1. The van der Waals surface area contributed by atoms with Gasteiger partial charge in [-0.3, -0.25) is 0 Å². The molecule has 0 aliphatic heterocycles. The van der Waals surface area contributed by atoms with E-state index in [9.17, 15) is 0 Å². The van der Waals surface area contributed by atoms with E-state index in [1.807, 2.05) is 0 Å². The summed E-state index contributed by atoms with van der Waals surface area (Å²) in [6.07, 6.45) is 0. The number of nitrogens with zero attached hydrogens (tertiary/aromatic N) is 1. The third-order valence-electron chi connectivity index (χ3n) is 4.86. The van der Waals surface area contributed by atoms with Gasteiger partial charge in [0.05, 0.1) is 0 Å². The van der Waals surface area contributed by atoms with Gasteiger partial charge in [-0.1, -0.05) is 0 Å². The van der Waals surface area contributed by atoms with Gasteiger partial charge < -0.3 is 0 Å². The molecule has 2 heteroatoms. The topological polar surface area (TPSA) is 12.4 Å². The minimum absolute atomic E-state index is 0.242. The van der Waals surface area contributed by atoms with Crippen molar-refractivity contribution in [3.63, 3.8) is 0 Å². The molecule has 28 heavy (non-hydrogen) atoms. The Labute approximate surface area is 180 Å². The zero-order chi connectivity index (χ0) is 21.1. The van der Waals surface area contributed by atoms with Crippen molar-refractivity contribution in [2.24, 2.45) is 8.91 Å². The molecule has 0 aromatic heterocycles. The zero-order valence-electron chi connectivity index (χ0n) is 19.1. The van der Waals surface area contributed by atoms with Crippen LogP contribution in [0.3, 0.4) is 0 Å². The summed E-state index contributed by atoms with van der Waals surface area (Å²) >= 11 is -0.515. The predicted octanol–water partition coefficient (Wildman–Crippen LogP) is 8.47. The van der Waals surface area contributed by atoms with E-state index in [2.05, 4.69) is 103 Å². The maximum absolute atomic E-state index is 5.10. The molecule has 150 valence electrons. The van der Waals surface area contributed by atoms with E-state index in [-0.39, 0.29) is 5.41 Å². The van der Waals surface area contributed by atoms with E-state index in [1.54, 1.807) is 0 Å². The minimum atomic E-state index is -0.515. The summed E-state index contributed by atoms with van der Waals surface area (Å²) in [4.78, 5) is 0. The average Bonchev–Trinajstić information content (AvgIpc) is 2.59. The quantitative estimate of drug-likeness (QED) is 0.398. The normalized spacial score (nSPS) is 11.9. The van der Waals surface area contributed by atoms with E-state index < -0.39 is 17.9 Å². The van der Waals surface area contributed by atoms with E-state index in [0.717, 1.165) is 5.69 Å². The molecule has 0 amide bonds. The molecule has 0 bridgehead atoms. The van der Waals surface area contributed by atoms with Gasteiger partial charge in [-0.2, -0.15) is 0 Å². The third kappa shape index (κ3) is 5.90. The number of benzene rings is 2. The van der Waals surface area contributed by atoms with Crippen molar-refractivity contribution in [1.29, 1.82) is 0 Å². The van der Waals surface area contributed by atoms with E-state index in [0.29, 0.717) is 17.8 Å². The summed E-state index contributed by atoms with van der Waals surface area (Å²) < 4.78 is 7.52. The van der Waals surface area contributed by atoms with Crippen molar-refractivity contribution >= 4 is 10.1 Å². The van der Waals surface area contributed by atoms with Gasteiger partial charge in [0.2, 0.25) is 0 Å². The molecule has 0 radical (unpaired) electrons. The second kappa shape index (κ2) is 9.53. The first-order valence-corrected chi connectivity index (χ1v) is 12.5. The van der Waals surface area contributed by atoms with Crippen LogP contribution in [0.25, 0.3) is 11.1 Å². The molecule has 0 aliphatic carbocycles. The van der Waals surface area contributed by atoms with Crippen LogP contribution in [0.2, 0.25) is 0 Å². The molecule has 0 N–H and O–H groups in total. The van der Waals surface area contributed by atoms with E-state index in [4.69, 9.17) is 3.50 Å². The average molecular weight is 460 g/mol. The van der Waals surface area contributed by atoms with Crippen LogP contribution < -0.4 is 0 Å². The molecule has 2 aromatic carbocycles. The summed E-state index contributed by atoms with van der Waals surface area (Å²) in [5.74, 6) is 1.51. The van der Waals surface area contributed by atoms with Crippen LogP contribution >= 0.6 is 0 Å². The molecule has 2 aromatic rings. The first kappa shape index (κ1) is 23.1. The van der Waals surface area contributed by atoms with Gasteiger partial charge >= 0.3 is 181 Å². The Morgan fingerprint density at radius 2 is 1.36 bits per heavy atom. The standard InChI is InChI=1S/C21H27N.C5H10.Mo/c1-13(2)16-11-18(14(3)4)21(19(12-16)15(5)6)17-9-7-8-10-20(17)22;1-5(2,3)4;/h7-15H,1-6H3;1H,2-4H3;/q;;+2. The Hall–Kier alpha value is -1.20. The SMILES string of the molecule is CC(C)c1cc(C(C)C)c(-c2ccccc2[N]=[Mo+2]=[CH]C(C)(C)C)c(C(C)C)c1. The molecule has 0 heterocycles. The fourth-order valence-corrected chi connectivity index (χ4v) is 4.85. The van der Waals surface area contributed by atoms with Gasteiger partial charge in [0.25, 0.3) is 0 Å². The molecule has 0 unspecified atom stereocenters. The van der Waals surface area contributed by atoms with Gasteiger partial charge in [-0.25, -0.2) is 0 Å². The summed E-state index contributed by atoms with van der Waals surface area (Å²) in [6, 6.07) is 13.6. The molecular formula is C26H37MoN+2. The van der Waals surface area contributed by atoms with Crippen molar-refractivity contribution in [3.8, 4) is 11.1 Å². The fourth-order valence-electron chi connectivity index (χ4n) is 3.27. The Bertz CT molecular complexity index is 847. The van der Waals surface area contributed by atoms with Crippen molar-refractivity contribution in [3.05, 3.63) is 53.1 Å². The second-order valence-electron chi connectivity index (χ2n) is 9.74. The summed E-state index contributed by atoms with van der Waals surface area (Å²) in [5.41, 5.74) is 8.48. The molecule has 0 spiro atoms. The molecule has 0 atom stereocenters. The van der Waals surface area contributed by atoms with Gasteiger partial charge in [0, 0.05) is 0 Å². The fraction of sp³-hybridized carbons (Fsp3) is 0.500. The Balaban J connectivity index is 2.80. The maximum atomic E-state index is 5.10. The third-order valence-corrected chi connectivity index (χ3v) is 7.60. The van der Waals surface area contributed by atoms with Gasteiger partial charge in [0.1, 0.15) is 0 Å². The second-order valence-corrected chi connectivity index (χ2v) is 11.3. The summed E-state index contributed by atoms with van der Waals surface area (Å²) in [6.45, 7) is 20.6. The van der Waals surface area contributed by atoms with E-state index in [1.165, 1.54) is 27.8 Å². The van der Waals surface area contributed by atoms with Crippen molar-refractivity contribution in [2.75, 3.05) is 0 Å². The van der Waals surface area contributed by atoms with Crippen LogP contribution in [0.4, 0.5) is 5.69 Å². The van der Waals surface area contributed by atoms with Crippen LogP contribution in [0.1, 0.15) is 96.8 Å². The molecule has 2 rings (SSSR count). The van der Waals surface area contributed by atoms with Crippen molar-refractivity contribution < 1.29 is 17.9 Å². The first-order valence-electron chi connectivity index (χ1n) is 10.5. The van der Waals surface area contributed by atoms with Crippen molar-refractivity contribution in [1.82, 2.24) is 0 Å². The number of hydrogen-bond donors (Lipinski definition) is 0. The Morgan fingerprint density at radius 3 is 1.82 bits per heavy atom. The van der Waals surface area contributed by atoms with Crippen LogP contribution in [0.15, 0.2) is 39.9 Å². The molecule has 0 fully saturated rings. The first-order chi connectivity index (χ1) is 13.0. The van der Waals surface area contributed by atoms with Gasteiger partial charge in [-0.15, -0.1) is 0 Å². The zero-order valence-corrected chi connectivity index (χ0v) is 21.1. The number of rotatable bonds is 5. The van der Waals surface area contributed by atoms with Crippen LogP contribution in [0, 0.1) is 5.41 Å². The molecule has 0 saturated heterocycles. The molecule has 0 aliphatic rings. The van der Waals surface area contributed by atoms with Gasteiger partial charge in [0.15, 0.2) is 0 Å². The predicted molar refractivity (Wildman–Crippen MR) is 122 cm³/mol. The van der Waals surface area contributed by atoms with E-state index >= 15 is 0 Å². The molecular weight excluding hydrogens is 422 g/mol. The summed E-state index contributed by atoms with van der Waals surface area (Å²) in [5, 5.41) is 0. The van der Waals surface area contributed by atoms with Crippen LogP contribution in [-0.2, 0) is 17.9 Å². The van der Waals surface area contributed by atoms with Crippen LogP contribution in [0.5, 0.6) is 0 Å². The van der Waals surface area contributed by atoms with Crippen molar-refractivity contribution in [2.45, 2.75) is 80.1 Å². The molecule has 0 saturated carbocycles.